The molecule has 2 aromatic carbocycles. The van der Waals surface area contributed by atoms with Crippen molar-refractivity contribution in [3.8, 4) is 0 Å². The third kappa shape index (κ3) is 4.09. The second-order valence-electron chi connectivity index (χ2n) is 4.90. The van der Waals surface area contributed by atoms with Gasteiger partial charge in [-0.05, 0) is 37.6 Å². The Balaban J connectivity index is 2.05. The topological polar surface area (TPSA) is 32.3 Å². The van der Waals surface area contributed by atoms with E-state index in [9.17, 15) is 4.79 Å². The molecule has 110 valence electrons. The summed E-state index contributed by atoms with van der Waals surface area (Å²) in [6.07, 6.45) is 0. The van der Waals surface area contributed by atoms with Gasteiger partial charge >= 0.3 is 0 Å². The molecule has 3 nitrogen and oxygen atoms in total. The number of hydrogen-bond acceptors (Lipinski definition) is 2. The first-order valence-electron chi connectivity index (χ1n) is 7.41. The predicted molar refractivity (Wildman–Crippen MR) is 87.5 cm³/mol. The predicted octanol–water partition coefficient (Wildman–Crippen LogP) is 3.78. The van der Waals surface area contributed by atoms with Crippen LogP contribution >= 0.6 is 0 Å². The monoisotopic (exact) mass is 282 g/mol. The van der Waals surface area contributed by atoms with Crippen LogP contribution < -0.4 is 5.32 Å². The summed E-state index contributed by atoms with van der Waals surface area (Å²) in [5, 5.41) is 3.36. The molecule has 0 fully saturated rings. The smallest absolute Gasteiger partial charge is 0.253 e. The molecule has 0 aliphatic heterocycles. The molecule has 0 saturated carbocycles. The first-order valence-corrected chi connectivity index (χ1v) is 7.41. The van der Waals surface area contributed by atoms with E-state index in [1.165, 1.54) is 5.56 Å². The van der Waals surface area contributed by atoms with Gasteiger partial charge in [0, 0.05) is 30.9 Å². The molecule has 0 radical (unpaired) electrons. The highest BCUT2D eigenvalue weighted by molar-refractivity contribution is 5.95. The molecule has 0 spiro atoms. The third-order valence-corrected chi connectivity index (χ3v) is 3.50. The Labute approximate surface area is 126 Å². The molecule has 3 heteroatoms. The molecule has 0 aliphatic rings. The zero-order chi connectivity index (χ0) is 15.1. The van der Waals surface area contributed by atoms with Gasteiger partial charge in [-0.2, -0.15) is 0 Å². The molecule has 0 aliphatic carbocycles. The minimum atomic E-state index is 0.0864. The maximum Gasteiger partial charge on any atom is 0.253 e. The molecule has 2 aromatic rings. The fourth-order valence-electron chi connectivity index (χ4n) is 2.26. The molecule has 1 amide bonds. The summed E-state index contributed by atoms with van der Waals surface area (Å²) in [5.74, 6) is 0.0864. The Bertz CT molecular complexity index is 577. The number of hydrogen-bond donors (Lipinski definition) is 1. The van der Waals surface area contributed by atoms with Gasteiger partial charge in [0.1, 0.15) is 0 Å². The molecule has 0 bridgehead atoms. The van der Waals surface area contributed by atoms with Crippen molar-refractivity contribution in [1.82, 2.24) is 4.90 Å². The van der Waals surface area contributed by atoms with Gasteiger partial charge in [0.2, 0.25) is 0 Å². The lowest BCUT2D eigenvalue weighted by molar-refractivity contribution is 0.0773. The van der Waals surface area contributed by atoms with Crippen LogP contribution in [0.4, 0.5) is 5.69 Å². The summed E-state index contributed by atoms with van der Waals surface area (Å²) < 4.78 is 0. The van der Waals surface area contributed by atoms with Crippen molar-refractivity contribution in [1.29, 1.82) is 0 Å². The van der Waals surface area contributed by atoms with Crippen molar-refractivity contribution < 1.29 is 4.79 Å². The molecule has 0 atom stereocenters. The lowest BCUT2D eigenvalue weighted by Crippen LogP contribution is -2.30. The average molecular weight is 282 g/mol. The summed E-state index contributed by atoms with van der Waals surface area (Å²) in [7, 11) is 0. The van der Waals surface area contributed by atoms with Gasteiger partial charge in [-0.25, -0.2) is 0 Å². The maximum atomic E-state index is 12.3. The van der Waals surface area contributed by atoms with E-state index >= 15 is 0 Å². The van der Waals surface area contributed by atoms with Gasteiger partial charge in [0.15, 0.2) is 0 Å². The number of rotatable bonds is 6. The molecular formula is C18H22N2O. The Morgan fingerprint density at radius 2 is 1.71 bits per heavy atom. The maximum absolute atomic E-state index is 12.3. The first-order chi connectivity index (χ1) is 10.2. The van der Waals surface area contributed by atoms with E-state index in [4.69, 9.17) is 0 Å². The lowest BCUT2D eigenvalue weighted by atomic mass is 10.1. The van der Waals surface area contributed by atoms with Crippen molar-refractivity contribution >= 4 is 11.6 Å². The molecular weight excluding hydrogens is 260 g/mol. The summed E-state index contributed by atoms with van der Waals surface area (Å²) in [6, 6.07) is 17.9. The molecule has 0 heterocycles. The zero-order valence-electron chi connectivity index (χ0n) is 12.7. The minimum Gasteiger partial charge on any atom is -0.381 e. The van der Waals surface area contributed by atoms with Crippen molar-refractivity contribution in [2.75, 3.05) is 18.4 Å². The van der Waals surface area contributed by atoms with Crippen LogP contribution in [0.15, 0.2) is 54.6 Å². The SMILES string of the molecule is CCN(CC)C(=O)c1cccc(NCc2ccccc2)c1. The van der Waals surface area contributed by atoms with Gasteiger partial charge in [-0.3, -0.25) is 4.79 Å². The molecule has 0 unspecified atom stereocenters. The van der Waals surface area contributed by atoms with Crippen LogP contribution in [0.1, 0.15) is 29.8 Å². The van der Waals surface area contributed by atoms with Crippen LogP contribution in [0.3, 0.4) is 0 Å². The Kier molecular flexibility index (Phi) is 5.38. The van der Waals surface area contributed by atoms with Crippen LogP contribution in [-0.2, 0) is 6.54 Å². The van der Waals surface area contributed by atoms with Gasteiger partial charge in [-0.15, -0.1) is 0 Å². The van der Waals surface area contributed by atoms with Gasteiger partial charge in [0.25, 0.3) is 5.91 Å². The van der Waals surface area contributed by atoms with Crippen molar-refractivity contribution in [2.24, 2.45) is 0 Å². The summed E-state index contributed by atoms with van der Waals surface area (Å²) in [4.78, 5) is 14.2. The normalized spacial score (nSPS) is 10.2. The van der Waals surface area contributed by atoms with Crippen molar-refractivity contribution in [2.45, 2.75) is 20.4 Å². The van der Waals surface area contributed by atoms with E-state index in [2.05, 4.69) is 17.4 Å². The number of nitrogens with zero attached hydrogens (tertiary/aromatic N) is 1. The van der Waals surface area contributed by atoms with Crippen LogP contribution in [0.25, 0.3) is 0 Å². The Morgan fingerprint density at radius 1 is 1.00 bits per heavy atom. The number of nitrogens with one attached hydrogen (secondary N) is 1. The molecule has 1 N–H and O–H groups in total. The highest BCUT2D eigenvalue weighted by Gasteiger charge is 2.12. The molecule has 0 aromatic heterocycles. The summed E-state index contributed by atoms with van der Waals surface area (Å²) in [5.41, 5.74) is 2.92. The van der Waals surface area contributed by atoms with E-state index in [0.29, 0.717) is 0 Å². The molecule has 0 saturated heterocycles. The Hall–Kier alpha value is -2.29. The van der Waals surface area contributed by atoms with Crippen molar-refractivity contribution in [3.63, 3.8) is 0 Å². The van der Waals surface area contributed by atoms with Gasteiger partial charge in [-0.1, -0.05) is 36.4 Å². The van der Waals surface area contributed by atoms with Crippen LogP contribution in [0, 0.1) is 0 Å². The number of amides is 1. The molecule has 21 heavy (non-hydrogen) atoms. The minimum absolute atomic E-state index is 0.0864. The standard InChI is InChI=1S/C18H22N2O/c1-3-20(4-2)18(21)16-11-8-12-17(13-16)19-14-15-9-6-5-7-10-15/h5-13,19H,3-4,14H2,1-2H3. The second-order valence-corrected chi connectivity index (χ2v) is 4.90. The number of carbonyl (C=O) groups excluding carboxylic acids is 1. The highest BCUT2D eigenvalue weighted by Crippen LogP contribution is 2.14. The van der Waals surface area contributed by atoms with E-state index < -0.39 is 0 Å². The largest absolute Gasteiger partial charge is 0.381 e. The lowest BCUT2D eigenvalue weighted by Gasteiger charge is -2.19. The average Bonchev–Trinajstić information content (AvgIpc) is 2.55. The van der Waals surface area contributed by atoms with Crippen molar-refractivity contribution in [3.05, 3.63) is 65.7 Å². The number of anilines is 1. The van der Waals surface area contributed by atoms with E-state index in [-0.39, 0.29) is 5.91 Å². The summed E-state index contributed by atoms with van der Waals surface area (Å²) in [6.45, 7) is 6.22. The van der Waals surface area contributed by atoms with Crippen LogP contribution in [-0.4, -0.2) is 23.9 Å². The van der Waals surface area contributed by atoms with Crippen LogP contribution in [0.5, 0.6) is 0 Å². The van der Waals surface area contributed by atoms with Gasteiger partial charge in [0.05, 0.1) is 0 Å². The third-order valence-electron chi connectivity index (χ3n) is 3.50. The van der Waals surface area contributed by atoms with E-state index in [0.717, 1.165) is 30.9 Å². The van der Waals surface area contributed by atoms with Crippen LogP contribution in [0.2, 0.25) is 0 Å². The van der Waals surface area contributed by atoms with E-state index in [1.54, 1.807) is 0 Å². The molecule has 2 rings (SSSR count). The summed E-state index contributed by atoms with van der Waals surface area (Å²) >= 11 is 0. The number of benzene rings is 2. The fourth-order valence-corrected chi connectivity index (χ4v) is 2.26. The van der Waals surface area contributed by atoms with E-state index in [1.807, 2.05) is 61.2 Å². The first kappa shape index (κ1) is 15.1. The number of carbonyl (C=O) groups is 1. The van der Waals surface area contributed by atoms with Gasteiger partial charge < -0.3 is 10.2 Å². The second kappa shape index (κ2) is 7.48. The zero-order valence-corrected chi connectivity index (χ0v) is 12.7. The Morgan fingerprint density at radius 3 is 2.38 bits per heavy atom. The highest BCUT2D eigenvalue weighted by atomic mass is 16.2. The quantitative estimate of drug-likeness (QED) is 0.874. The fraction of sp³-hybridized carbons (Fsp3) is 0.278.